The molecule has 3 aromatic rings. The smallest absolute Gasteiger partial charge is 0.253 e. The third-order valence-corrected chi connectivity index (χ3v) is 4.44. The van der Waals surface area contributed by atoms with Crippen LogP contribution in [0.5, 0.6) is 0 Å². The Hall–Kier alpha value is -2.92. The summed E-state index contributed by atoms with van der Waals surface area (Å²) in [6, 6.07) is 15.1. The van der Waals surface area contributed by atoms with E-state index >= 15 is 0 Å². The number of aliphatic hydroxyl groups is 1. The maximum Gasteiger partial charge on any atom is 0.253 e. The molecule has 1 amide bonds. The number of hydrogen-bond donors (Lipinski definition) is 1. The van der Waals surface area contributed by atoms with Gasteiger partial charge in [-0.15, -0.1) is 0 Å². The van der Waals surface area contributed by atoms with E-state index in [4.69, 9.17) is 0 Å². The molecule has 5 heteroatoms. The number of likely N-dealkylation sites (N-methyl/N-ethyl adjacent to an activating group) is 1. The first-order valence-corrected chi connectivity index (χ1v) is 8.70. The fourth-order valence-electron chi connectivity index (χ4n) is 2.83. The number of aromatic nitrogens is 2. The van der Waals surface area contributed by atoms with Crippen molar-refractivity contribution in [3.63, 3.8) is 0 Å². The van der Waals surface area contributed by atoms with Gasteiger partial charge in [0.1, 0.15) is 0 Å². The lowest BCUT2D eigenvalue weighted by molar-refractivity contribution is 0.0635. The zero-order chi connectivity index (χ0) is 18.5. The van der Waals surface area contributed by atoms with E-state index in [9.17, 15) is 9.90 Å². The Morgan fingerprint density at radius 2 is 1.85 bits per heavy atom. The second-order valence-corrected chi connectivity index (χ2v) is 6.29. The van der Waals surface area contributed by atoms with Crippen LogP contribution in [-0.2, 0) is 0 Å². The Morgan fingerprint density at radius 1 is 1.15 bits per heavy atom. The Morgan fingerprint density at radius 3 is 2.42 bits per heavy atom. The number of nitrogens with zero attached hydrogens (tertiary/aromatic N) is 3. The summed E-state index contributed by atoms with van der Waals surface area (Å²) in [4.78, 5) is 18.5. The van der Waals surface area contributed by atoms with Crippen molar-refractivity contribution in [2.45, 2.75) is 20.0 Å². The second-order valence-electron chi connectivity index (χ2n) is 6.29. The van der Waals surface area contributed by atoms with E-state index in [1.807, 2.05) is 61.0 Å². The number of imidazole rings is 1. The molecule has 2 aromatic carbocycles. The predicted molar refractivity (Wildman–Crippen MR) is 101 cm³/mol. The summed E-state index contributed by atoms with van der Waals surface area (Å²) in [5.41, 5.74) is 3.51. The highest BCUT2D eigenvalue weighted by atomic mass is 16.3. The first-order chi connectivity index (χ1) is 12.6. The average molecular weight is 349 g/mol. The quantitative estimate of drug-likeness (QED) is 0.742. The minimum absolute atomic E-state index is 0.0872. The van der Waals surface area contributed by atoms with Crippen molar-refractivity contribution in [1.82, 2.24) is 14.5 Å². The summed E-state index contributed by atoms with van der Waals surface area (Å²) in [5, 5.41) is 10.5. The zero-order valence-corrected chi connectivity index (χ0v) is 15.0. The van der Waals surface area contributed by atoms with Crippen molar-refractivity contribution in [2.75, 3.05) is 13.1 Å². The number of rotatable bonds is 6. The van der Waals surface area contributed by atoms with Crippen molar-refractivity contribution >= 4 is 5.91 Å². The lowest BCUT2D eigenvalue weighted by Crippen LogP contribution is -2.34. The van der Waals surface area contributed by atoms with Crippen LogP contribution in [0, 0.1) is 6.92 Å². The maximum absolute atomic E-state index is 12.8. The molecule has 0 saturated carbocycles. The number of carbonyl (C=O) groups is 1. The van der Waals surface area contributed by atoms with Crippen molar-refractivity contribution in [1.29, 1.82) is 0 Å². The summed E-state index contributed by atoms with van der Waals surface area (Å²) in [6.07, 6.45) is 4.58. The van der Waals surface area contributed by atoms with Gasteiger partial charge in [0.15, 0.2) is 0 Å². The molecule has 1 N–H and O–H groups in total. The van der Waals surface area contributed by atoms with Crippen molar-refractivity contribution in [3.05, 3.63) is 83.9 Å². The SMILES string of the molecule is CCN(CC(O)c1ccc(C)cc1)C(=O)c1ccc(-n2ccnc2)cc1. The fraction of sp³-hybridized carbons (Fsp3) is 0.238. The van der Waals surface area contributed by atoms with E-state index in [2.05, 4.69) is 4.98 Å². The summed E-state index contributed by atoms with van der Waals surface area (Å²) in [6.45, 7) is 4.72. The Labute approximate surface area is 153 Å². The lowest BCUT2D eigenvalue weighted by atomic mass is 10.1. The van der Waals surface area contributed by atoms with Gasteiger partial charge in [-0.1, -0.05) is 29.8 Å². The molecule has 5 nitrogen and oxygen atoms in total. The number of aryl methyl sites for hydroxylation is 1. The van der Waals surface area contributed by atoms with E-state index in [0.29, 0.717) is 12.1 Å². The van der Waals surface area contributed by atoms with Gasteiger partial charge in [0, 0.05) is 30.2 Å². The Kier molecular flexibility index (Phi) is 5.49. The van der Waals surface area contributed by atoms with Gasteiger partial charge in [0.25, 0.3) is 5.91 Å². The topological polar surface area (TPSA) is 58.4 Å². The second kappa shape index (κ2) is 7.97. The monoisotopic (exact) mass is 349 g/mol. The molecule has 1 heterocycles. The van der Waals surface area contributed by atoms with E-state index in [0.717, 1.165) is 16.8 Å². The molecule has 3 rings (SSSR count). The molecule has 1 aromatic heterocycles. The van der Waals surface area contributed by atoms with Crippen LogP contribution in [0.2, 0.25) is 0 Å². The Bertz CT molecular complexity index is 840. The van der Waals surface area contributed by atoms with Crippen LogP contribution in [0.25, 0.3) is 5.69 Å². The number of amides is 1. The van der Waals surface area contributed by atoms with Crippen molar-refractivity contribution in [2.24, 2.45) is 0 Å². The van der Waals surface area contributed by atoms with Gasteiger partial charge in [-0.2, -0.15) is 0 Å². The summed E-state index contributed by atoms with van der Waals surface area (Å²) >= 11 is 0. The molecular weight excluding hydrogens is 326 g/mol. The molecule has 0 aliphatic carbocycles. The van der Waals surface area contributed by atoms with Gasteiger partial charge in [0.05, 0.1) is 19.0 Å². The van der Waals surface area contributed by atoms with E-state index in [-0.39, 0.29) is 12.5 Å². The first kappa shape index (κ1) is 17.9. The molecule has 0 radical (unpaired) electrons. The van der Waals surface area contributed by atoms with Crippen LogP contribution in [0.3, 0.4) is 0 Å². The largest absolute Gasteiger partial charge is 0.387 e. The van der Waals surface area contributed by atoms with Gasteiger partial charge in [0.2, 0.25) is 0 Å². The molecule has 0 aliphatic heterocycles. The third-order valence-electron chi connectivity index (χ3n) is 4.44. The van der Waals surface area contributed by atoms with Crippen LogP contribution in [0.15, 0.2) is 67.3 Å². The van der Waals surface area contributed by atoms with Gasteiger partial charge >= 0.3 is 0 Å². The minimum atomic E-state index is -0.704. The number of carbonyl (C=O) groups excluding carboxylic acids is 1. The van der Waals surface area contributed by atoms with E-state index < -0.39 is 6.10 Å². The third kappa shape index (κ3) is 4.00. The molecule has 0 fully saturated rings. The molecule has 1 unspecified atom stereocenters. The van der Waals surface area contributed by atoms with E-state index in [1.165, 1.54) is 0 Å². The van der Waals surface area contributed by atoms with Gasteiger partial charge in [-0.25, -0.2) is 4.98 Å². The minimum Gasteiger partial charge on any atom is -0.387 e. The zero-order valence-electron chi connectivity index (χ0n) is 15.0. The van der Waals surface area contributed by atoms with Crippen LogP contribution >= 0.6 is 0 Å². The highest BCUT2D eigenvalue weighted by Crippen LogP contribution is 2.17. The van der Waals surface area contributed by atoms with Crippen LogP contribution in [0.4, 0.5) is 0 Å². The van der Waals surface area contributed by atoms with Gasteiger partial charge in [-0.3, -0.25) is 4.79 Å². The van der Waals surface area contributed by atoms with Crippen LogP contribution in [-0.4, -0.2) is 38.6 Å². The summed E-state index contributed by atoms with van der Waals surface area (Å²) < 4.78 is 1.88. The van der Waals surface area contributed by atoms with Crippen LogP contribution in [0.1, 0.15) is 34.5 Å². The number of hydrogen-bond acceptors (Lipinski definition) is 3. The summed E-state index contributed by atoms with van der Waals surface area (Å²) in [5.74, 6) is -0.0872. The van der Waals surface area contributed by atoms with Crippen LogP contribution < -0.4 is 0 Å². The molecule has 0 bridgehead atoms. The standard InChI is InChI=1S/C21H23N3O2/c1-3-23(14-20(25)17-6-4-16(2)5-7-17)21(26)18-8-10-19(11-9-18)24-13-12-22-15-24/h4-13,15,20,25H,3,14H2,1-2H3. The van der Waals surface area contributed by atoms with Gasteiger partial charge in [-0.05, 0) is 43.7 Å². The lowest BCUT2D eigenvalue weighted by Gasteiger charge is -2.24. The van der Waals surface area contributed by atoms with E-state index in [1.54, 1.807) is 29.6 Å². The number of aliphatic hydroxyl groups excluding tert-OH is 1. The molecule has 0 saturated heterocycles. The molecule has 0 aliphatic rings. The Balaban J connectivity index is 1.71. The van der Waals surface area contributed by atoms with Gasteiger partial charge < -0.3 is 14.6 Å². The van der Waals surface area contributed by atoms with Crippen molar-refractivity contribution in [3.8, 4) is 5.69 Å². The highest BCUT2D eigenvalue weighted by Gasteiger charge is 2.18. The van der Waals surface area contributed by atoms with Crippen molar-refractivity contribution < 1.29 is 9.90 Å². The normalized spacial score (nSPS) is 12.0. The summed E-state index contributed by atoms with van der Waals surface area (Å²) in [7, 11) is 0. The molecule has 1 atom stereocenters. The first-order valence-electron chi connectivity index (χ1n) is 8.70. The maximum atomic E-state index is 12.8. The molecule has 0 spiro atoms. The molecule has 134 valence electrons. The predicted octanol–water partition coefficient (Wildman–Crippen LogP) is 3.38. The molecular formula is C21H23N3O2. The number of benzene rings is 2. The molecule has 26 heavy (non-hydrogen) atoms. The fourth-order valence-corrected chi connectivity index (χ4v) is 2.83. The highest BCUT2D eigenvalue weighted by molar-refractivity contribution is 5.94. The average Bonchev–Trinajstić information content (AvgIpc) is 3.21.